The molecule has 0 saturated carbocycles. The molecule has 0 aliphatic carbocycles. The minimum absolute atomic E-state index is 0.0697. The molecule has 1 aliphatic heterocycles. The number of hydrogen-bond donors (Lipinski definition) is 4. The number of rotatable bonds is 8. The molecule has 2 heterocycles. The number of carbonyl (C=O) groups is 4. The lowest BCUT2D eigenvalue weighted by Gasteiger charge is -2.41. The van der Waals surface area contributed by atoms with Crippen LogP contribution in [-0.2, 0) is 4.79 Å². The standard InChI is InChI=1S/C25H32N6O7/c1-24(2,28-23(37)38)15-25(3,16-33)20(34)29-10-12-30(13-11-29)21(35)26-19-8-9-31(22(36)27-19)18-6-4-17(14-32)5-7-18/h4-9,14,28,33H,10-13,15-16H2,1-3H3,(H,37,38)(H,26,27,35,36)/t25-/m0/s1. The molecule has 0 bridgehead atoms. The Morgan fingerprint density at radius 2 is 1.63 bits per heavy atom. The molecule has 1 aromatic carbocycles. The maximum Gasteiger partial charge on any atom is 0.405 e. The number of amides is 4. The van der Waals surface area contributed by atoms with Crippen molar-refractivity contribution >= 4 is 30.1 Å². The van der Waals surface area contributed by atoms with Gasteiger partial charge in [0.05, 0.1) is 17.7 Å². The van der Waals surface area contributed by atoms with Crippen LogP contribution in [0.25, 0.3) is 5.69 Å². The Kier molecular flexibility index (Phi) is 8.51. The summed E-state index contributed by atoms with van der Waals surface area (Å²) in [5.41, 5.74) is -1.77. The van der Waals surface area contributed by atoms with E-state index in [9.17, 15) is 29.1 Å². The lowest BCUT2D eigenvalue weighted by molar-refractivity contribution is -0.146. The van der Waals surface area contributed by atoms with Crippen LogP contribution in [0.15, 0.2) is 41.3 Å². The highest BCUT2D eigenvalue weighted by Gasteiger charge is 2.42. The molecule has 0 radical (unpaired) electrons. The Morgan fingerprint density at radius 3 is 2.16 bits per heavy atom. The van der Waals surface area contributed by atoms with Gasteiger partial charge >= 0.3 is 17.8 Å². The van der Waals surface area contributed by atoms with Gasteiger partial charge in [0.1, 0.15) is 12.1 Å². The van der Waals surface area contributed by atoms with E-state index in [0.29, 0.717) is 17.5 Å². The third-order valence-electron chi connectivity index (χ3n) is 6.34. The molecule has 13 heteroatoms. The van der Waals surface area contributed by atoms with Crippen molar-refractivity contribution in [3.05, 3.63) is 52.6 Å². The van der Waals surface area contributed by atoms with Crippen LogP contribution in [0.1, 0.15) is 37.6 Å². The molecule has 3 rings (SSSR count). The number of aliphatic hydroxyl groups is 1. The van der Waals surface area contributed by atoms with Crippen molar-refractivity contribution in [2.75, 3.05) is 38.1 Å². The second kappa shape index (κ2) is 11.4. The molecular weight excluding hydrogens is 496 g/mol. The van der Waals surface area contributed by atoms with Gasteiger partial charge in [-0.15, -0.1) is 0 Å². The third kappa shape index (κ3) is 6.73. The molecule has 13 nitrogen and oxygen atoms in total. The van der Waals surface area contributed by atoms with Crippen LogP contribution < -0.4 is 16.3 Å². The Hall–Kier alpha value is -4.26. The first-order valence-corrected chi connectivity index (χ1v) is 12.0. The number of piperazine rings is 1. The maximum atomic E-state index is 13.2. The van der Waals surface area contributed by atoms with Crippen molar-refractivity contribution in [3.8, 4) is 5.69 Å². The largest absolute Gasteiger partial charge is 0.465 e. The van der Waals surface area contributed by atoms with E-state index in [0.717, 1.165) is 0 Å². The number of aliphatic hydroxyl groups excluding tert-OH is 1. The van der Waals surface area contributed by atoms with Crippen molar-refractivity contribution in [1.29, 1.82) is 0 Å². The number of urea groups is 1. The van der Waals surface area contributed by atoms with Crippen molar-refractivity contribution in [1.82, 2.24) is 24.7 Å². The Labute approximate surface area is 219 Å². The molecule has 1 fully saturated rings. The van der Waals surface area contributed by atoms with E-state index >= 15 is 0 Å². The number of carboxylic acid groups (broad SMARTS) is 1. The molecule has 4 amide bonds. The summed E-state index contributed by atoms with van der Waals surface area (Å²) in [6.45, 7) is 5.29. The molecule has 4 N–H and O–H groups in total. The molecule has 1 atom stereocenters. The summed E-state index contributed by atoms with van der Waals surface area (Å²) in [4.78, 5) is 67.3. The molecular formula is C25H32N6O7. The number of benzene rings is 1. The van der Waals surface area contributed by atoms with Gasteiger partial charge in [-0.3, -0.25) is 19.5 Å². The van der Waals surface area contributed by atoms with Crippen LogP contribution in [0.2, 0.25) is 0 Å². The predicted octanol–water partition coefficient (Wildman–Crippen LogP) is 1.16. The van der Waals surface area contributed by atoms with Gasteiger partial charge in [-0.05, 0) is 57.5 Å². The summed E-state index contributed by atoms with van der Waals surface area (Å²) in [6.07, 6.45) is 1.03. The number of anilines is 1. The quantitative estimate of drug-likeness (QED) is 0.369. The smallest absolute Gasteiger partial charge is 0.405 e. The molecule has 0 spiro atoms. The lowest BCUT2D eigenvalue weighted by atomic mass is 9.77. The average molecular weight is 529 g/mol. The van der Waals surface area contributed by atoms with Gasteiger partial charge in [-0.1, -0.05) is 0 Å². The molecule has 2 aromatic rings. The summed E-state index contributed by atoms with van der Waals surface area (Å²) >= 11 is 0. The average Bonchev–Trinajstić information content (AvgIpc) is 2.87. The van der Waals surface area contributed by atoms with E-state index in [2.05, 4.69) is 15.6 Å². The van der Waals surface area contributed by atoms with Gasteiger partial charge in [-0.25, -0.2) is 14.4 Å². The minimum Gasteiger partial charge on any atom is -0.465 e. The molecule has 1 saturated heterocycles. The van der Waals surface area contributed by atoms with E-state index < -0.39 is 35.4 Å². The fourth-order valence-corrected chi connectivity index (χ4v) is 4.57. The zero-order valence-corrected chi connectivity index (χ0v) is 21.5. The predicted molar refractivity (Wildman–Crippen MR) is 137 cm³/mol. The SMILES string of the molecule is CC(C)(C[C@@](C)(CO)C(=O)N1CCN(C(=O)Nc2ccn(-c3ccc(C=O)cc3)c(=O)n2)CC1)NC(=O)O. The maximum absolute atomic E-state index is 13.2. The summed E-state index contributed by atoms with van der Waals surface area (Å²) in [5.74, 6) is -0.257. The van der Waals surface area contributed by atoms with E-state index in [1.165, 1.54) is 21.7 Å². The third-order valence-corrected chi connectivity index (χ3v) is 6.34. The highest BCUT2D eigenvalue weighted by Crippen LogP contribution is 2.31. The topological polar surface area (TPSA) is 174 Å². The van der Waals surface area contributed by atoms with Crippen LogP contribution in [0, 0.1) is 5.41 Å². The highest BCUT2D eigenvalue weighted by atomic mass is 16.4. The van der Waals surface area contributed by atoms with Crippen molar-refractivity contribution in [3.63, 3.8) is 0 Å². The number of hydrogen-bond acceptors (Lipinski definition) is 7. The minimum atomic E-state index is -1.22. The lowest BCUT2D eigenvalue weighted by Crippen LogP contribution is -2.57. The van der Waals surface area contributed by atoms with Crippen LogP contribution >= 0.6 is 0 Å². The Balaban J connectivity index is 1.59. The highest BCUT2D eigenvalue weighted by molar-refractivity contribution is 5.89. The second-order valence-electron chi connectivity index (χ2n) is 10.1. The number of aldehydes is 1. The molecule has 1 aliphatic rings. The van der Waals surface area contributed by atoms with E-state index in [1.807, 2.05) is 0 Å². The van der Waals surface area contributed by atoms with Crippen LogP contribution in [0.3, 0.4) is 0 Å². The van der Waals surface area contributed by atoms with E-state index in [4.69, 9.17) is 5.11 Å². The first-order chi connectivity index (χ1) is 17.9. The number of aromatic nitrogens is 2. The monoisotopic (exact) mass is 528 g/mol. The van der Waals surface area contributed by atoms with Crippen LogP contribution in [-0.4, -0.2) is 92.2 Å². The molecule has 204 valence electrons. The van der Waals surface area contributed by atoms with Crippen LogP contribution in [0.5, 0.6) is 0 Å². The fourth-order valence-electron chi connectivity index (χ4n) is 4.57. The Morgan fingerprint density at radius 1 is 1.03 bits per heavy atom. The fraction of sp³-hybridized carbons (Fsp3) is 0.440. The number of nitrogens with one attached hydrogen (secondary N) is 2. The van der Waals surface area contributed by atoms with Crippen molar-refractivity contribution in [2.24, 2.45) is 5.41 Å². The molecule has 1 aromatic heterocycles. The van der Waals surface area contributed by atoms with Crippen molar-refractivity contribution < 1.29 is 29.4 Å². The molecule has 38 heavy (non-hydrogen) atoms. The Bertz CT molecular complexity index is 1250. The van der Waals surface area contributed by atoms with E-state index in [-0.39, 0.29) is 44.3 Å². The molecule has 0 unspecified atom stereocenters. The summed E-state index contributed by atoms with van der Waals surface area (Å²) in [6, 6.07) is 7.37. The van der Waals surface area contributed by atoms with E-state index in [1.54, 1.807) is 49.9 Å². The number of carbonyl (C=O) groups excluding carboxylic acids is 3. The summed E-state index contributed by atoms with van der Waals surface area (Å²) in [7, 11) is 0. The number of nitrogens with zero attached hydrogens (tertiary/aromatic N) is 4. The van der Waals surface area contributed by atoms with Gasteiger partial charge in [0.2, 0.25) is 5.91 Å². The second-order valence-corrected chi connectivity index (χ2v) is 10.1. The van der Waals surface area contributed by atoms with Crippen LogP contribution in [0.4, 0.5) is 15.4 Å². The zero-order chi connectivity index (χ0) is 28.1. The first kappa shape index (κ1) is 28.3. The van der Waals surface area contributed by atoms with Gasteiger partial charge in [0.15, 0.2) is 0 Å². The van der Waals surface area contributed by atoms with Crippen molar-refractivity contribution in [2.45, 2.75) is 32.7 Å². The zero-order valence-electron chi connectivity index (χ0n) is 21.5. The van der Waals surface area contributed by atoms with Gasteiger partial charge in [0.25, 0.3) is 0 Å². The summed E-state index contributed by atoms with van der Waals surface area (Å²) in [5, 5.41) is 24.0. The van der Waals surface area contributed by atoms with Gasteiger partial charge in [-0.2, -0.15) is 4.98 Å². The van der Waals surface area contributed by atoms with Gasteiger partial charge in [0, 0.05) is 43.5 Å². The normalized spacial score (nSPS) is 15.4. The summed E-state index contributed by atoms with van der Waals surface area (Å²) < 4.78 is 1.28. The first-order valence-electron chi connectivity index (χ1n) is 12.0. The van der Waals surface area contributed by atoms with Gasteiger partial charge < -0.3 is 25.3 Å².